The van der Waals surface area contributed by atoms with Crippen molar-refractivity contribution in [2.45, 2.75) is 52.6 Å². The largest absolute Gasteiger partial charge is 0.368 e. The smallest absolute Gasteiger partial charge is 0.252 e. The molecule has 19 heavy (non-hydrogen) atoms. The predicted octanol–water partition coefficient (Wildman–Crippen LogP) is 1.02. The fraction of sp³-hybridized carbons (Fsp3) is 0.769. The molecule has 1 saturated heterocycles. The summed E-state index contributed by atoms with van der Waals surface area (Å²) in [6.45, 7) is 8.05. The van der Waals surface area contributed by atoms with Crippen LogP contribution in [0.25, 0.3) is 0 Å². The molecule has 2 atom stereocenters. The fourth-order valence-corrected chi connectivity index (χ4v) is 2.63. The molecule has 1 fully saturated rings. The van der Waals surface area contributed by atoms with Crippen molar-refractivity contribution in [3.8, 4) is 0 Å². The first-order chi connectivity index (χ1) is 8.73. The van der Waals surface area contributed by atoms with Crippen LogP contribution in [0.4, 0.5) is 0 Å². The molecular weight excluding hydrogens is 262 g/mol. The Morgan fingerprint density at radius 3 is 2.37 bits per heavy atom. The summed E-state index contributed by atoms with van der Waals surface area (Å²) in [7, 11) is 0. The molecule has 0 aromatic heterocycles. The van der Waals surface area contributed by atoms with E-state index in [-0.39, 0.29) is 17.9 Å². The lowest BCUT2D eigenvalue weighted by Gasteiger charge is -2.25. The third-order valence-corrected chi connectivity index (χ3v) is 3.41. The number of amides is 2. The van der Waals surface area contributed by atoms with Crippen molar-refractivity contribution in [1.82, 2.24) is 10.2 Å². The molecule has 0 aliphatic carbocycles. The second kappa shape index (κ2) is 6.32. The molecule has 0 aromatic rings. The standard InChI is InChI=1S/C13H23N3O2S/c1-7(2)5-9-12(18)16(13(19)15-9)10(11(14)17)6-8(3)4/h7-10H,5-6H2,1-4H3,(H2,14,17)(H,15,19)/t9-,10?/m0/s1. The van der Waals surface area contributed by atoms with E-state index in [0.717, 1.165) is 0 Å². The summed E-state index contributed by atoms with van der Waals surface area (Å²) in [5, 5.41) is 3.31. The monoisotopic (exact) mass is 285 g/mol. The maximum atomic E-state index is 12.3. The molecule has 2 amide bonds. The van der Waals surface area contributed by atoms with Gasteiger partial charge in [-0.25, -0.2) is 0 Å². The Labute approximate surface area is 119 Å². The number of rotatable bonds is 6. The van der Waals surface area contributed by atoms with E-state index in [4.69, 9.17) is 18.0 Å². The summed E-state index contributed by atoms with van der Waals surface area (Å²) >= 11 is 5.18. The van der Waals surface area contributed by atoms with Crippen LogP contribution in [0.1, 0.15) is 40.5 Å². The molecule has 5 nitrogen and oxygen atoms in total. The molecule has 3 N–H and O–H groups in total. The molecule has 108 valence electrons. The Morgan fingerprint density at radius 1 is 1.37 bits per heavy atom. The minimum atomic E-state index is -0.648. The van der Waals surface area contributed by atoms with Gasteiger partial charge in [0.25, 0.3) is 5.91 Å². The SMILES string of the molecule is CC(C)CC(C(N)=O)N1C(=O)[C@H](CC(C)C)NC1=S. The van der Waals surface area contributed by atoms with Crippen molar-refractivity contribution < 1.29 is 9.59 Å². The van der Waals surface area contributed by atoms with Gasteiger partial charge in [0.2, 0.25) is 5.91 Å². The molecule has 0 aromatic carbocycles. The lowest BCUT2D eigenvalue weighted by molar-refractivity contribution is -0.134. The summed E-state index contributed by atoms with van der Waals surface area (Å²) in [5.74, 6) is -0.00174. The molecular formula is C13H23N3O2S. The lowest BCUT2D eigenvalue weighted by atomic mass is 10.0. The number of nitrogens with one attached hydrogen (secondary N) is 1. The minimum absolute atomic E-state index is 0.136. The van der Waals surface area contributed by atoms with E-state index < -0.39 is 11.9 Å². The molecule has 0 bridgehead atoms. The van der Waals surface area contributed by atoms with Gasteiger partial charge in [-0.2, -0.15) is 0 Å². The van der Waals surface area contributed by atoms with Gasteiger partial charge in [0.1, 0.15) is 12.1 Å². The number of hydrogen-bond donors (Lipinski definition) is 2. The first-order valence-electron chi connectivity index (χ1n) is 6.66. The molecule has 1 rings (SSSR count). The Bertz CT molecular complexity index is 382. The summed E-state index contributed by atoms with van der Waals surface area (Å²) in [4.78, 5) is 25.3. The highest BCUT2D eigenvalue weighted by Crippen LogP contribution is 2.20. The number of carbonyl (C=O) groups excluding carboxylic acids is 2. The van der Waals surface area contributed by atoms with Crippen molar-refractivity contribution in [2.24, 2.45) is 17.6 Å². The second-order valence-corrected chi connectivity index (χ2v) is 6.27. The van der Waals surface area contributed by atoms with Gasteiger partial charge in [-0.3, -0.25) is 14.5 Å². The summed E-state index contributed by atoms with van der Waals surface area (Å²) in [6.07, 6.45) is 1.22. The van der Waals surface area contributed by atoms with Crippen LogP contribution in [0.5, 0.6) is 0 Å². The Hall–Kier alpha value is -1.17. The zero-order valence-corrected chi connectivity index (χ0v) is 12.8. The first-order valence-corrected chi connectivity index (χ1v) is 7.07. The van der Waals surface area contributed by atoms with Gasteiger partial charge < -0.3 is 11.1 Å². The van der Waals surface area contributed by atoms with Crippen LogP contribution in [0, 0.1) is 11.8 Å². The summed E-state index contributed by atoms with van der Waals surface area (Å²) < 4.78 is 0. The maximum absolute atomic E-state index is 12.3. The molecule has 1 unspecified atom stereocenters. The molecule has 6 heteroatoms. The normalized spacial score (nSPS) is 21.2. The Kier molecular flexibility index (Phi) is 5.29. The third-order valence-electron chi connectivity index (χ3n) is 3.09. The number of nitrogens with two attached hydrogens (primary N) is 1. The van der Waals surface area contributed by atoms with Crippen molar-refractivity contribution in [1.29, 1.82) is 0 Å². The number of nitrogens with zero attached hydrogens (tertiary/aromatic N) is 1. The van der Waals surface area contributed by atoms with Gasteiger partial charge in [-0.15, -0.1) is 0 Å². The van der Waals surface area contributed by atoms with Crippen LogP contribution in [-0.2, 0) is 9.59 Å². The van der Waals surface area contributed by atoms with Crippen LogP contribution in [0.15, 0.2) is 0 Å². The quantitative estimate of drug-likeness (QED) is 0.714. The fourth-order valence-electron chi connectivity index (χ4n) is 2.27. The number of primary amides is 1. The molecule has 1 heterocycles. The molecule has 0 radical (unpaired) electrons. The molecule has 1 aliphatic rings. The molecule has 1 aliphatic heterocycles. The molecule has 0 spiro atoms. The highest BCUT2D eigenvalue weighted by atomic mass is 32.1. The van der Waals surface area contributed by atoms with Crippen molar-refractivity contribution >= 4 is 29.1 Å². The van der Waals surface area contributed by atoms with Crippen LogP contribution in [-0.4, -0.2) is 33.9 Å². The number of hydrogen-bond acceptors (Lipinski definition) is 3. The maximum Gasteiger partial charge on any atom is 0.252 e. The van der Waals surface area contributed by atoms with E-state index in [1.807, 2.05) is 27.7 Å². The zero-order valence-electron chi connectivity index (χ0n) is 12.0. The van der Waals surface area contributed by atoms with Gasteiger partial charge >= 0.3 is 0 Å². The van der Waals surface area contributed by atoms with E-state index in [1.165, 1.54) is 4.90 Å². The van der Waals surface area contributed by atoms with Gasteiger partial charge in [0, 0.05) is 0 Å². The third kappa shape index (κ3) is 3.89. The average molecular weight is 285 g/mol. The number of thiocarbonyl (C=S) groups is 1. The van der Waals surface area contributed by atoms with Crippen LogP contribution < -0.4 is 11.1 Å². The average Bonchev–Trinajstić information content (AvgIpc) is 2.50. The van der Waals surface area contributed by atoms with Crippen molar-refractivity contribution in [3.63, 3.8) is 0 Å². The van der Waals surface area contributed by atoms with Gasteiger partial charge in [-0.05, 0) is 36.9 Å². The van der Waals surface area contributed by atoms with Gasteiger partial charge in [0.15, 0.2) is 5.11 Å². The minimum Gasteiger partial charge on any atom is -0.368 e. The van der Waals surface area contributed by atoms with Crippen LogP contribution in [0.3, 0.4) is 0 Å². The van der Waals surface area contributed by atoms with E-state index in [9.17, 15) is 9.59 Å². The van der Waals surface area contributed by atoms with E-state index in [2.05, 4.69) is 5.32 Å². The van der Waals surface area contributed by atoms with E-state index in [1.54, 1.807) is 0 Å². The first kappa shape index (κ1) is 15.9. The highest BCUT2D eigenvalue weighted by Gasteiger charge is 2.41. The van der Waals surface area contributed by atoms with Gasteiger partial charge in [-0.1, -0.05) is 27.7 Å². The van der Waals surface area contributed by atoms with Crippen LogP contribution >= 0.6 is 12.2 Å². The Balaban J connectivity index is 2.88. The van der Waals surface area contributed by atoms with Crippen LogP contribution in [0.2, 0.25) is 0 Å². The molecule has 0 saturated carbocycles. The second-order valence-electron chi connectivity index (χ2n) is 5.89. The predicted molar refractivity (Wildman–Crippen MR) is 78.3 cm³/mol. The summed E-state index contributed by atoms with van der Waals surface area (Å²) in [6, 6.07) is -0.980. The Morgan fingerprint density at radius 2 is 1.95 bits per heavy atom. The summed E-state index contributed by atoms with van der Waals surface area (Å²) in [5.41, 5.74) is 5.42. The van der Waals surface area contributed by atoms with Crippen molar-refractivity contribution in [2.75, 3.05) is 0 Å². The topological polar surface area (TPSA) is 75.4 Å². The van der Waals surface area contributed by atoms with E-state index in [0.29, 0.717) is 23.9 Å². The van der Waals surface area contributed by atoms with Gasteiger partial charge in [0.05, 0.1) is 0 Å². The lowest BCUT2D eigenvalue weighted by Crippen LogP contribution is -2.49. The number of carbonyl (C=O) groups is 2. The van der Waals surface area contributed by atoms with E-state index >= 15 is 0 Å². The zero-order chi connectivity index (χ0) is 14.7. The van der Waals surface area contributed by atoms with Crippen molar-refractivity contribution in [3.05, 3.63) is 0 Å². The highest BCUT2D eigenvalue weighted by molar-refractivity contribution is 7.80.